The van der Waals surface area contributed by atoms with Crippen molar-refractivity contribution in [3.05, 3.63) is 36.4 Å². The van der Waals surface area contributed by atoms with Gasteiger partial charge in [0.05, 0.1) is 17.7 Å². The van der Waals surface area contributed by atoms with E-state index < -0.39 is 0 Å². The molecule has 1 aromatic heterocycles. The van der Waals surface area contributed by atoms with E-state index in [1.54, 1.807) is 6.33 Å². The summed E-state index contributed by atoms with van der Waals surface area (Å²) in [7, 11) is 0. The first kappa shape index (κ1) is 10.2. The highest BCUT2D eigenvalue weighted by Crippen LogP contribution is 2.33. The van der Waals surface area contributed by atoms with E-state index in [4.69, 9.17) is 15.2 Å². The number of rotatable bonds is 3. The molecule has 17 heavy (non-hydrogen) atoms. The molecule has 3 rings (SSSR count). The molecule has 0 fully saturated rings. The summed E-state index contributed by atoms with van der Waals surface area (Å²) in [6.07, 6.45) is 4.55. The van der Waals surface area contributed by atoms with Crippen molar-refractivity contribution >= 4 is 0 Å². The Hall–Kier alpha value is -2.01. The molecule has 0 spiro atoms. The molecule has 0 bridgehead atoms. The van der Waals surface area contributed by atoms with Gasteiger partial charge in [-0.15, -0.1) is 0 Å². The highest BCUT2D eigenvalue weighted by molar-refractivity contribution is 5.50. The summed E-state index contributed by atoms with van der Waals surface area (Å²) in [5.41, 5.74) is 7.49. The lowest BCUT2D eigenvalue weighted by Crippen LogP contribution is -2.02. The predicted octanol–water partition coefficient (Wildman–Crippen LogP) is 1.10. The van der Waals surface area contributed by atoms with Crippen LogP contribution in [0.4, 0.5) is 0 Å². The molecule has 88 valence electrons. The second-order valence-corrected chi connectivity index (χ2v) is 3.85. The Morgan fingerprint density at radius 2 is 2.18 bits per heavy atom. The monoisotopic (exact) mass is 231 g/mol. The van der Waals surface area contributed by atoms with Gasteiger partial charge in [-0.1, -0.05) is 0 Å². The van der Waals surface area contributed by atoms with Crippen molar-refractivity contribution in [3.63, 3.8) is 0 Å². The normalized spacial score (nSPS) is 13.0. The Labute approximate surface area is 98.8 Å². The zero-order chi connectivity index (χ0) is 11.7. The lowest BCUT2D eigenvalue weighted by Gasteiger charge is -2.03. The number of benzene rings is 1. The van der Waals surface area contributed by atoms with Crippen LogP contribution in [0.2, 0.25) is 0 Å². The zero-order valence-electron chi connectivity index (χ0n) is 9.30. The van der Waals surface area contributed by atoms with Crippen LogP contribution in [0.3, 0.4) is 0 Å². The maximum Gasteiger partial charge on any atom is 0.231 e. The summed E-state index contributed by atoms with van der Waals surface area (Å²) in [5.74, 6) is 1.56. The van der Waals surface area contributed by atoms with E-state index in [9.17, 15) is 0 Å². The number of hydrogen-bond donors (Lipinski definition) is 1. The van der Waals surface area contributed by atoms with Crippen LogP contribution >= 0.6 is 0 Å². The molecule has 5 heteroatoms. The van der Waals surface area contributed by atoms with Gasteiger partial charge in [0.1, 0.15) is 0 Å². The van der Waals surface area contributed by atoms with Crippen molar-refractivity contribution in [3.8, 4) is 17.2 Å². The average molecular weight is 231 g/mol. The Balaban J connectivity index is 1.92. The highest BCUT2D eigenvalue weighted by atomic mass is 16.7. The number of nitrogens with zero attached hydrogens (tertiary/aromatic N) is 2. The smallest absolute Gasteiger partial charge is 0.231 e. The molecule has 1 aliphatic rings. The highest BCUT2D eigenvalue weighted by Gasteiger charge is 2.13. The number of nitrogens with two attached hydrogens (primary N) is 1. The lowest BCUT2D eigenvalue weighted by molar-refractivity contribution is 0.174. The van der Waals surface area contributed by atoms with E-state index in [2.05, 4.69) is 4.98 Å². The van der Waals surface area contributed by atoms with Crippen molar-refractivity contribution < 1.29 is 9.47 Å². The van der Waals surface area contributed by atoms with Gasteiger partial charge in [-0.25, -0.2) is 4.98 Å². The average Bonchev–Trinajstić information content (AvgIpc) is 2.96. The Morgan fingerprint density at radius 1 is 1.29 bits per heavy atom. The minimum Gasteiger partial charge on any atom is -0.454 e. The van der Waals surface area contributed by atoms with Crippen LogP contribution in [0.25, 0.3) is 5.69 Å². The van der Waals surface area contributed by atoms with Crippen LogP contribution in [0.15, 0.2) is 30.7 Å². The maximum absolute atomic E-state index is 5.50. The lowest BCUT2D eigenvalue weighted by atomic mass is 10.2. The molecular formula is C12H13N3O2. The van der Waals surface area contributed by atoms with Crippen LogP contribution < -0.4 is 15.2 Å². The molecule has 1 aromatic carbocycles. The molecule has 2 N–H and O–H groups in total. The van der Waals surface area contributed by atoms with E-state index in [-0.39, 0.29) is 0 Å². The summed E-state index contributed by atoms with van der Waals surface area (Å²) < 4.78 is 12.6. The van der Waals surface area contributed by atoms with Gasteiger partial charge in [0.2, 0.25) is 6.79 Å². The molecule has 0 aliphatic carbocycles. The van der Waals surface area contributed by atoms with Gasteiger partial charge in [-0.3, -0.25) is 0 Å². The molecular weight excluding hydrogens is 218 g/mol. The number of fused-ring (bicyclic) bond motifs is 1. The van der Waals surface area contributed by atoms with Gasteiger partial charge >= 0.3 is 0 Å². The van der Waals surface area contributed by atoms with Crippen molar-refractivity contribution in [2.75, 3.05) is 13.3 Å². The number of hydrogen-bond acceptors (Lipinski definition) is 4. The van der Waals surface area contributed by atoms with Crippen molar-refractivity contribution in [2.45, 2.75) is 6.42 Å². The number of imidazole rings is 1. The standard InChI is InChI=1S/C12H13N3O2/c13-4-3-9-6-15(7-14-9)10-1-2-11-12(5-10)17-8-16-11/h1-2,5-7H,3-4,8,13H2. The van der Waals surface area contributed by atoms with Gasteiger partial charge in [0.25, 0.3) is 0 Å². The van der Waals surface area contributed by atoms with Gasteiger partial charge < -0.3 is 19.8 Å². The Kier molecular flexibility index (Phi) is 2.45. The molecule has 2 heterocycles. The molecule has 1 aliphatic heterocycles. The van der Waals surface area contributed by atoms with E-state index in [1.165, 1.54) is 0 Å². The van der Waals surface area contributed by atoms with Crippen LogP contribution in [-0.4, -0.2) is 22.9 Å². The SMILES string of the molecule is NCCc1cn(-c2ccc3c(c2)OCO3)cn1. The molecule has 0 atom stereocenters. The van der Waals surface area contributed by atoms with Crippen LogP contribution in [0.1, 0.15) is 5.69 Å². The quantitative estimate of drug-likeness (QED) is 0.859. The topological polar surface area (TPSA) is 62.3 Å². The maximum atomic E-state index is 5.50. The summed E-state index contributed by atoms with van der Waals surface area (Å²) in [5, 5.41) is 0. The fourth-order valence-corrected chi connectivity index (χ4v) is 1.83. The van der Waals surface area contributed by atoms with Gasteiger partial charge in [-0.2, -0.15) is 0 Å². The molecule has 0 unspecified atom stereocenters. The summed E-state index contributed by atoms with van der Waals surface area (Å²) in [4.78, 5) is 4.29. The predicted molar refractivity (Wildman–Crippen MR) is 62.4 cm³/mol. The van der Waals surface area contributed by atoms with E-state index in [0.29, 0.717) is 13.3 Å². The Morgan fingerprint density at radius 3 is 3.06 bits per heavy atom. The van der Waals surface area contributed by atoms with E-state index in [1.807, 2.05) is 29.0 Å². The molecule has 5 nitrogen and oxygen atoms in total. The number of aromatic nitrogens is 2. The van der Waals surface area contributed by atoms with E-state index in [0.717, 1.165) is 29.3 Å². The summed E-state index contributed by atoms with van der Waals surface area (Å²) in [6.45, 7) is 0.902. The molecule has 0 radical (unpaired) electrons. The van der Waals surface area contributed by atoms with Gasteiger partial charge in [0, 0.05) is 18.7 Å². The fourth-order valence-electron chi connectivity index (χ4n) is 1.83. The minimum atomic E-state index is 0.293. The molecule has 0 saturated heterocycles. The fraction of sp³-hybridized carbons (Fsp3) is 0.250. The second-order valence-electron chi connectivity index (χ2n) is 3.85. The first-order valence-corrected chi connectivity index (χ1v) is 5.50. The van der Waals surface area contributed by atoms with Crippen molar-refractivity contribution in [2.24, 2.45) is 5.73 Å². The van der Waals surface area contributed by atoms with Gasteiger partial charge in [-0.05, 0) is 18.7 Å². The zero-order valence-corrected chi connectivity index (χ0v) is 9.30. The first-order chi connectivity index (χ1) is 8.36. The third-order valence-corrected chi connectivity index (χ3v) is 2.69. The van der Waals surface area contributed by atoms with Crippen LogP contribution in [0.5, 0.6) is 11.5 Å². The first-order valence-electron chi connectivity index (χ1n) is 5.50. The second kappa shape index (κ2) is 4.10. The van der Waals surface area contributed by atoms with E-state index >= 15 is 0 Å². The summed E-state index contributed by atoms with van der Waals surface area (Å²) >= 11 is 0. The van der Waals surface area contributed by atoms with Crippen molar-refractivity contribution in [1.29, 1.82) is 0 Å². The number of ether oxygens (including phenoxy) is 2. The molecule has 0 saturated carbocycles. The molecule has 0 amide bonds. The van der Waals surface area contributed by atoms with Crippen LogP contribution in [-0.2, 0) is 6.42 Å². The third-order valence-electron chi connectivity index (χ3n) is 2.69. The third kappa shape index (κ3) is 1.85. The van der Waals surface area contributed by atoms with Crippen LogP contribution in [0, 0.1) is 0 Å². The minimum absolute atomic E-state index is 0.293. The summed E-state index contributed by atoms with van der Waals surface area (Å²) in [6, 6.07) is 5.82. The largest absolute Gasteiger partial charge is 0.454 e. The van der Waals surface area contributed by atoms with Crippen molar-refractivity contribution in [1.82, 2.24) is 9.55 Å². The molecule has 2 aromatic rings. The van der Waals surface area contributed by atoms with Gasteiger partial charge in [0.15, 0.2) is 11.5 Å². The Bertz CT molecular complexity index is 536.